The summed E-state index contributed by atoms with van der Waals surface area (Å²) in [6.07, 6.45) is -0.638. The molecule has 0 aromatic heterocycles. The number of carboxylic acid groups (broad SMARTS) is 1. The minimum absolute atomic E-state index is 0.153. The Morgan fingerprint density at radius 2 is 1.88 bits per heavy atom. The summed E-state index contributed by atoms with van der Waals surface area (Å²) in [5, 5.41) is 8.35. The number of carbonyl (C=O) groups excluding carboxylic acids is 1. The van der Waals surface area contributed by atoms with Crippen LogP contribution in [-0.4, -0.2) is 36.7 Å². The van der Waals surface area contributed by atoms with E-state index < -0.39 is 39.6 Å². The average molecular weight is 252 g/mol. The molecular formula is C8H16N2O5S. The van der Waals surface area contributed by atoms with Crippen molar-refractivity contribution in [3.8, 4) is 0 Å². The van der Waals surface area contributed by atoms with Crippen LogP contribution in [0, 0.1) is 0 Å². The highest BCUT2D eigenvalue weighted by atomic mass is 32.2. The highest BCUT2D eigenvalue weighted by Crippen LogP contribution is 2.09. The summed E-state index contributed by atoms with van der Waals surface area (Å²) >= 11 is 0. The zero-order chi connectivity index (χ0) is 13.0. The second-order valence-electron chi connectivity index (χ2n) is 4.09. The molecule has 0 aliphatic carbocycles. The predicted molar refractivity (Wildman–Crippen MR) is 57.1 cm³/mol. The summed E-state index contributed by atoms with van der Waals surface area (Å²) in [5.41, 5.74) is 3.94. The second kappa shape index (κ2) is 5.26. The minimum Gasteiger partial charge on any atom is -0.481 e. The Hall–Kier alpha value is -1.15. The molecule has 16 heavy (non-hydrogen) atoms. The van der Waals surface area contributed by atoms with Crippen molar-refractivity contribution < 1.29 is 23.1 Å². The van der Waals surface area contributed by atoms with Gasteiger partial charge in [0.05, 0.1) is 12.2 Å². The van der Waals surface area contributed by atoms with Crippen molar-refractivity contribution >= 4 is 21.9 Å². The highest BCUT2D eigenvalue weighted by molar-refractivity contribution is 7.89. The van der Waals surface area contributed by atoms with Gasteiger partial charge >= 0.3 is 5.97 Å². The zero-order valence-electron chi connectivity index (χ0n) is 9.19. The first kappa shape index (κ1) is 14.8. The first-order valence-corrected chi connectivity index (χ1v) is 6.21. The number of amides is 1. The average Bonchev–Trinajstić information content (AvgIpc) is 1.95. The van der Waals surface area contributed by atoms with Gasteiger partial charge in [-0.15, -0.1) is 0 Å². The molecule has 1 amide bonds. The normalized spacial score (nSPS) is 12.4. The standard InChI is InChI=1S/C8H16N2O5S/c1-8(2,5-6(9)11)10-16(14,15)4-3-7(12)13/h10H,3-5H2,1-2H3,(H2,9,11)(H,12,13). The van der Waals surface area contributed by atoms with Gasteiger partial charge in [0.1, 0.15) is 0 Å². The van der Waals surface area contributed by atoms with Gasteiger partial charge in [-0.1, -0.05) is 0 Å². The van der Waals surface area contributed by atoms with Crippen LogP contribution in [0.15, 0.2) is 0 Å². The Kier molecular flexibility index (Phi) is 4.88. The van der Waals surface area contributed by atoms with E-state index in [1.807, 2.05) is 0 Å². The van der Waals surface area contributed by atoms with E-state index in [9.17, 15) is 18.0 Å². The van der Waals surface area contributed by atoms with Crippen LogP contribution >= 0.6 is 0 Å². The van der Waals surface area contributed by atoms with Crippen molar-refractivity contribution in [3.05, 3.63) is 0 Å². The third-order valence-corrected chi connectivity index (χ3v) is 3.24. The Morgan fingerprint density at radius 3 is 2.25 bits per heavy atom. The first-order valence-electron chi connectivity index (χ1n) is 4.56. The number of hydrogen-bond donors (Lipinski definition) is 3. The lowest BCUT2D eigenvalue weighted by Gasteiger charge is -2.24. The van der Waals surface area contributed by atoms with Crippen LogP contribution in [0.2, 0.25) is 0 Å². The van der Waals surface area contributed by atoms with Crippen molar-refractivity contribution in [2.24, 2.45) is 5.73 Å². The van der Waals surface area contributed by atoms with E-state index in [1.54, 1.807) is 0 Å². The van der Waals surface area contributed by atoms with Crippen molar-refractivity contribution in [1.82, 2.24) is 4.72 Å². The van der Waals surface area contributed by atoms with E-state index in [-0.39, 0.29) is 6.42 Å². The molecule has 0 bridgehead atoms. The summed E-state index contributed by atoms with van der Waals surface area (Å²) in [7, 11) is -3.72. The molecule has 0 fully saturated rings. The topological polar surface area (TPSA) is 127 Å². The Bertz CT molecular complexity index is 374. The molecule has 0 unspecified atom stereocenters. The monoisotopic (exact) mass is 252 g/mol. The number of carboxylic acids is 1. The number of hydrogen-bond acceptors (Lipinski definition) is 4. The third-order valence-electron chi connectivity index (χ3n) is 1.63. The molecule has 0 aliphatic heterocycles. The molecule has 8 heteroatoms. The minimum atomic E-state index is -3.72. The number of nitrogens with two attached hydrogens (primary N) is 1. The zero-order valence-corrected chi connectivity index (χ0v) is 10.0. The van der Waals surface area contributed by atoms with Crippen LogP contribution in [0.3, 0.4) is 0 Å². The second-order valence-corrected chi connectivity index (χ2v) is 5.93. The van der Waals surface area contributed by atoms with E-state index >= 15 is 0 Å². The van der Waals surface area contributed by atoms with E-state index in [0.717, 1.165) is 0 Å². The van der Waals surface area contributed by atoms with Gasteiger partial charge < -0.3 is 10.8 Å². The van der Waals surface area contributed by atoms with Gasteiger partial charge in [-0.25, -0.2) is 13.1 Å². The summed E-state index contributed by atoms with van der Waals surface area (Å²) in [5.74, 6) is -2.35. The van der Waals surface area contributed by atoms with E-state index in [1.165, 1.54) is 13.8 Å². The molecule has 7 nitrogen and oxygen atoms in total. The third kappa shape index (κ3) is 7.18. The summed E-state index contributed by atoms with van der Waals surface area (Å²) in [6, 6.07) is 0. The molecule has 0 saturated heterocycles. The fourth-order valence-corrected chi connectivity index (χ4v) is 2.62. The largest absolute Gasteiger partial charge is 0.481 e. The molecule has 0 heterocycles. The summed E-state index contributed by atoms with van der Waals surface area (Å²) in [4.78, 5) is 20.9. The van der Waals surface area contributed by atoms with Gasteiger partial charge in [-0.3, -0.25) is 9.59 Å². The number of nitrogens with one attached hydrogen (secondary N) is 1. The highest BCUT2D eigenvalue weighted by Gasteiger charge is 2.26. The van der Waals surface area contributed by atoms with Crippen LogP contribution in [0.25, 0.3) is 0 Å². The van der Waals surface area contributed by atoms with Crippen LogP contribution in [0.1, 0.15) is 26.7 Å². The SMILES string of the molecule is CC(C)(CC(N)=O)NS(=O)(=O)CCC(=O)O. The Morgan fingerprint density at radius 1 is 1.38 bits per heavy atom. The number of aliphatic carboxylic acids is 1. The van der Waals surface area contributed by atoms with Crippen LogP contribution in [0.4, 0.5) is 0 Å². The lowest BCUT2D eigenvalue weighted by Crippen LogP contribution is -2.46. The number of rotatable bonds is 7. The van der Waals surface area contributed by atoms with Crippen molar-refractivity contribution in [1.29, 1.82) is 0 Å². The number of carbonyl (C=O) groups is 2. The van der Waals surface area contributed by atoms with E-state index in [4.69, 9.17) is 10.8 Å². The lowest BCUT2D eigenvalue weighted by atomic mass is 10.0. The van der Waals surface area contributed by atoms with Crippen LogP contribution < -0.4 is 10.5 Å². The molecule has 0 spiro atoms. The van der Waals surface area contributed by atoms with Crippen LogP contribution in [0.5, 0.6) is 0 Å². The number of primary amides is 1. The molecule has 0 atom stereocenters. The van der Waals surface area contributed by atoms with Gasteiger partial charge in [-0.2, -0.15) is 0 Å². The molecule has 0 rings (SSSR count). The van der Waals surface area contributed by atoms with Crippen molar-refractivity contribution in [2.75, 3.05) is 5.75 Å². The maximum atomic E-state index is 11.4. The molecular weight excluding hydrogens is 236 g/mol. The number of sulfonamides is 1. The molecule has 4 N–H and O–H groups in total. The molecule has 0 aliphatic rings. The van der Waals surface area contributed by atoms with Gasteiger partial charge in [0.15, 0.2) is 0 Å². The molecule has 0 saturated carbocycles. The van der Waals surface area contributed by atoms with Gasteiger partial charge in [-0.05, 0) is 13.8 Å². The van der Waals surface area contributed by atoms with Gasteiger partial charge in [0, 0.05) is 12.0 Å². The Balaban J connectivity index is 4.45. The van der Waals surface area contributed by atoms with Crippen LogP contribution in [-0.2, 0) is 19.6 Å². The lowest BCUT2D eigenvalue weighted by molar-refractivity contribution is -0.136. The van der Waals surface area contributed by atoms with Crippen molar-refractivity contribution in [3.63, 3.8) is 0 Å². The summed E-state index contributed by atoms with van der Waals surface area (Å²) < 4.78 is 25.0. The molecule has 94 valence electrons. The molecule has 0 aromatic rings. The fourth-order valence-electron chi connectivity index (χ4n) is 1.17. The Labute approximate surface area is 94.1 Å². The van der Waals surface area contributed by atoms with E-state index in [2.05, 4.69) is 4.72 Å². The smallest absolute Gasteiger partial charge is 0.304 e. The van der Waals surface area contributed by atoms with Crippen molar-refractivity contribution in [2.45, 2.75) is 32.2 Å². The fraction of sp³-hybridized carbons (Fsp3) is 0.750. The maximum Gasteiger partial charge on any atom is 0.304 e. The predicted octanol–water partition coefficient (Wildman–Crippen LogP) is -0.965. The van der Waals surface area contributed by atoms with E-state index in [0.29, 0.717) is 0 Å². The summed E-state index contributed by atoms with van der Waals surface area (Å²) in [6.45, 7) is 2.99. The molecule has 0 radical (unpaired) electrons. The first-order chi connectivity index (χ1) is 7.04. The maximum absolute atomic E-state index is 11.4. The van der Waals surface area contributed by atoms with Gasteiger partial charge in [0.2, 0.25) is 15.9 Å². The van der Waals surface area contributed by atoms with Gasteiger partial charge in [0.25, 0.3) is 0 Å². The quantitative estimate of drug-likeness (QED) is 0.537. The molecule has 0 aromatic carbocycles.